The van der Waals surface area contributed by atoms with Crippen molar-refractivity contribution < 1.29 is 0 Å². The van der Waals surface area contributed by atoms with Gasteiger partial charge in [0.25, 0.3) is 0 Å². The molecule has 0 radical (unpaired) electrons. The molecule has 0 saturated carbocycles. The van der Waals surface area contributed by atoms with Gasteiger partial charge in [0.15, 0.2) is 0 Å². The predicted octanol–water partition coefficient (Wildman–Crippen LogP) is 2.91. The topological polar surface area (TPSA) is 19.4 Å². The number of hydrogen-bond donors (Lipinski definition) is 0. The fourth-order valence-electron chi connectivity index (χ4n) is 2.74. The molecule has 1 saturated heterocycles. The fraction of sp³-hybridized carbons (Fsp3) is 0.533. The van der Waals surface area contributed by atoms with Crippen molar-refractivity contribution in [2.45, 2.75) is 19.9 Å². The lowest BCUT2D eigenvalue weighted by molar-refractivity contribution is 0.119. The standard InChI is InChI=1S/C15H21N3S/c1-11(18-8-6-17(3)7-9-18)13-4-5-15-14(10-13)16-12(2)19-15/h4-5,10-11H,6-9H2,1-3H3. The van der Waals surface area contributed by atoms with Crippen LogP contribution in [0.25, 0.3) is 10.2 Å². The van der Waals surface area contributed by atoms with Gasteiger partial charge in [0.2, 0.25) is 0 Å². The third kappa shape index (κ3) is 2.66. The highest BCUT2D eigenvalue weighted by Crippen LogP contribution is 2.27. The van der Waals surface area contributed by atoms with Crippen molar-refractivity contribution >= 4 is 21.6 Å². The van der Waals surface area contributed by atoms with E-state index < -0.39 is 0 Å². The summed E-state index contributed by atoms with van der Waals surface area (Å²) < 4.78 is 1.30. The first-order chi connectivity index (χ1) is 9.13. The van der Waals surface area contributed by atoms with E-state index in [4.69, 9.17) is 0 Å². The highest BCUT2D eigenvalue weighted by molar-refractivity contribution is 7.18. The molecular formula is C15H21N3S. The lowest BCUT2D eigenvalue weighted by Crippen LogP contribution is -2.45. The van der Waals surface area contributed by atoms with Gasteiger partial charge in [0, 0.05) is 32.2 Å². The number of benzene rings is 1. The van der Waals surface area contributed by atoms with Crippen LogP contribution < -0.4 is 0 Å². The van der Waals surface area contributed by atoms with Crippen LogP contribution in [0.5, 0.6) is 0 Å². The van der Waals surface area contributed by atoms with E-state index in [1.54, 1.807) is 11.3 Å². The average Bonchev–Trinajstić information content (AvgIpc) is 2.77. The molecule has 1 aromatic carbocycles. The van der Waals surface area contributed by atoms with E-state index in [0.29, 0.717) is 6.04 Å². The number of aromatic nitrogens is 1. The molecule has 4 heteroatoms. The molecule has 1 aromatic heterocycles. The molecule has 1 fully saturated rings. The molecule has 3 nitrogen and oxygen atoms in total. The Bertz CT molecular complexity index is 570. The molecule has 3 rings (SSSR count). The Hall–Kier alpha value is -0.970. The van der Waals surface area contributed by atoms with Crippen LogP contribution in [0.4, 0.5) is 0 Å². The first-order valence-electron chi connectivity index (χ1n) is 6.93. The van der Waals surface area contributed by atoms with E-state index in [2.05, 4.69) is 53.9 Å². The molecule has 0 aliphatic carbocycles. The number of nitrogens with zero attached hydrogens (tertiary/aromatic N) is 3. The van der Waals surface area contributed by atoms with Gasteiger partial charge in [-0.3, -0.25) is 4.90 Å². The maximum atomic E-state index is 4.61. The second kappa shape index (κ2) is 5.19. The number of thiazole rings is 1. The summed E-state index contributed by atoms with van der Waals surface area (Å²) in [5, 5.41) is 1.15. The second-order valence-corrected chi connectivity index (χ2v) is 6.71. The third-order valence-electron chi connectivity index (χ3n) is 4.09. The van der Waals surface area contributed by atoms with Crippen molar-refractivity contribution in [3.8, 4) is 0 Å². The quantitative estimate of drug-likeness (QED) is 0.840. The van der Waals surface area contributed by atoms with Gasteiger partial charge in [-0.2, -0.15) is 0 Å². The van der Waals surface area contributed by atoms with E-state index >= 15 is 0 Å². The van der Waals surface area contributed by atoms with Crippen LogP contribution in [0.15, 0.2) is 18.2 Å². The number of piperazine rings is 1. The third-order valence-corrected chi connectivity index (χ3v) is 5.04. The SMILES string of the molecule is Cc1nc2cc(C(C)N3CCN(C)CC3)ccc2s1. The van der Waals surface area contributed by atoms with Crippen LogP contribution in [0.3, 0.4) is 0 Å². The zero-order valence-electron chi connectivity index (χ0n) is 11.9. The molecule has 2 aromatic rings. The van der Waals surface area contributed by atoms with E-state index in [1.807, 2.05) is 0 Å². The minimum atomic E-state index is 0.486. The molecule has 1 unspecified atom stereocenters. The second-order valence-electron chi connectivity index (χ2n) is 5.48. The Balaban J connectivity index is 1.82. The molecular weight excluding hydrogens is 254 g/mol. The van der Waals surface area contributed by atoms with Crippen molar-refractivity contribution in [2.75, 3.05) is 33.2 Å². The molecule has 1 aliphatic rings. The van der Waals surface area contributed by atoms with Gasteiger partial charge in [-0.25, -0.2) is 4.98 Å². The zero-order chi connectivity index (χ0) is 13.4. The number of rotatable bonds is 2. The van der Waals surface area contributed by atoms with Crippen LogP contribution in [0.1, 0.15) is 23.5 Å². The van der Waals surface area contributed by atoms with Crippen molar-refractivity contribution in [2.24, 2.45) is 0 Å². The Morgan fingerprint density at radius 1 is 1.21 bits per heavy atom. The van der Waals surface area contributed by atoms with Crippen molar-refractivity contribution in [1.82, 2.24) is 14.8 Å². The zero-order valence-corrected chi connectivity index (χ0v) is 12.7. The summed E-state index contributed by atoms with van der Waals surface area (Å²) in [6.45, 7) is 9.04. The van der Waals surface area contributed by atoms with Gasteiger partial charge in [-0.15, -0.1) is 11.3 Å². The summed E-state index contributed by atoms with van der Waals surface area (Å²) in [6, 6.07) is 7.24. The van der Waals surface area contributed by atoms with Crippen LogP contribution >= 0.6 is 11.3 Å². The highest BCUT2D eigenvalue weighted by Gasteiger charge is 2.20. The Kier molecular flexibility index (Phi) is 3.56. The number of fused-ring (bicyclic) bond motifs is 1. The van der Waals surface area contributed by atoms with E-state index in [0.717, 1.165) is 23.6 Å². The summed E-state index contributed by atoms with van der Waals surface area (Å²) in [6.07, 6.45) is 0. The molecule has 1 aliphatic heterocycles. The lowest BCUT2D eigenvalue weighted by Gasteiger charge is -2.36. The molecule has 1 atom stereocenters. The molecule has 19 heavy (non-hydrogen) atoms. The first kappa shape index (κ1) is 13.0. The van der Waals surface area contributed by atoms with E-state index in [-0.39, 0.29) is 0 Å². The van der Waals surface area contributed by atoms with Crippen molar-refractivity contribution in [3.05, 3.63) is 28.8 Å². The first-order valence-corrected chi connectivity index (χ1v) is 7.75. The van der Waals surface area contributed by atoms with E-state index in [1.165, 1.54) is 23.4 Å². The number of aryl methyl sites for hydroxylation is 1. The minimum absolute atomic E-state index is 0.486. The Morgan fingerprint density at radius 2 is 1.95 bits per heavy atom. The van der Waals surface area contributed by atoms with Gasteiger partial charge < -0.3 is 4.90 Å². The van der Waals surface area contributed by atoms with Gasteiger partial charge in [-0.05, 0) is 38.6 Å². The molecule has 102 valence electrons. The highest BCUT2D eigenvalue weighted by atomic mass is 32.1. The summed E-state index contributed by atoms with van der Waals surface area (Å²) >= 11 is 1.78. The van der Waals surface area contributed by atoms with E-state index in [9.17, 15) is 0 Å². The average molecular weight is 275 g/mol. The van der Waals surface area contributed by atoms with Crippen LogP contribution in [0, 0.1) is 6.92 Å². The fourth-order valence-corrected chi connectivity index (χ4v) is 3.55. The summed E-state index contributed by atoms with van der Waals surface area (Å²) in [7, 11) is 2.20. The number of hydrogen-bond acceptors (Lipinski definition) is 4. The van der Waals surface area contributed by atoms with Crippen molar-refractivity contribution in [3.63, 3.8) is 0 Å². The molecule has 0 bridgehead atoms. The van der Waals surface area contributed by atoms with Crippen LogP contribution in [-0.2, 0) is 0 Å². The Labute approximate surface area is 118 Å². The summed E-state index contributed by atoms with van der Waals surface area (Å²) in [5.41, 5.74) is 2.54. The molecule has 2 heterocycles. The Morgan fingerprint density at radius 3 is 2.68 bits per heavy atom. The molecule has 0 spiro atoms. The smallest absolute Gasteiger partial charge is 0.0907 e. The number of likely N-dealkylation sites (N-methyl/N-ethyl adjacent to an activating group) is 1. The summed E-state index contributed by atoms with van der Waals surface area (Å²) in [5.74, 6) is 0. The molecule has 0 amide bonds. The largest absolute Gasteiger partial charge is 0.304 e. The van der Waals surface area contributed by atoms with Gasteiger partial charge in [0.1, 0.15) is 0 Å². The minimum Gasteiger partial charge on any atom is -0.304 e. The van der Waals surface area contributed by atoms with Gasteiger partial charge in [0.05, 0.1) is 15.2 Å². The van der Waals surface area contributed by atoms with Crippen LogP contribution in [0.2, 0.25) is 0 Å². The van der Waals surface area contributed by atoms with Gasteiger partial charge in [-0.1, -0.05) is 6.07 Å². The molecule has 0 N–H and O–H groups in total. The maximum absolute atomic E-state index is 4.61. The normalized spacial score (nSPS) is 19.9. The predicted molar refractivity (Wildman–Crippen MR) is 81.8 cm³/mol. The maximum Gasteiger partial charge on any atom is 0.0907 e. The lowest BCUT2D eigenvalue weighted by atomic mass is 10.1. The van der Waals surface area contributed by atoms with Crippen molar-refractivity contribution in [1.29, 1.82) is 0 Å². The summed E-state index contributed by atoms with van der Waals surface area (Å²) in [4.78, 5) is 9.57. The monoisotopic (exact) mass is 275 g/mol. The van der Waals surface area contributed by atoms with Gasteiger partial charge >= 0.3 is 0 Å². The van der Waals surface area contributed by atoms with Crippen LogP contribution in [-0.4, -0.2) is 48.0 Å².